The molecule has 8 heteroatoms. The van der Waals surface area contributed by atoms with Crippen LogP contribution in [0, 0.1) is 11.6 Å². The van der Waals surface area contributed by atoms with E-state index in [9.17, 15) is 18.4 Å². The van der Waals surface area contributed by atoms with E-state index in [1.165, 1.54) is 13.2 Å². The molecule has 3 aromatic rings. The Morgan fingerprint density at radius 3 is 2.30 bits per heavy atom. The lowest BCUT2D eigenvalue weighted by molar-refractivity contribution is -0.120. The van der Waals surface area contributed by atoms with Gasteiger partial charge in [0.2, 0.25) is 0 Å². The van der Waals surface area contributed by atoms with Crippen LogP contribution in [-0.4, -0.2) is 25.5 Å². The number of imide groups is 1. The lowest BCUT2D eigenvalue weighted by Gasteiger charge is -2.15. The largest absolute Gasteiger partial charge is 0.497 e. The van der Waals surface area contributed by atoms with Crippen molar-refractivity contribution >= 4 is 28.8 Å². The summed E-state index contributed by atoms with van der Waals surface area (Å²) >= 11 is 0. The van der Waals surface area contributed by atoms with Crippen LogP contribution in [0.25, 0.3) is 5.57 Å². The molecule has 0 unspecified atom stereocenters. The Labute approximate surface area is 189 Å². The van der Waals surface area contributed by atoms with E-state index < -0.39 is 23.4 Å². The Balaban J connectivity index is 1.80. The third-order valence-electron chi connectivity index (χ3n) is 5.04. The van der Waals surface area contributed by atoms with E-state index >= 15 is 0 Å². The maximum Gasteiger partial charge on any atom is 0.282 e. The molecule has 1 N–H and O–H groups in total. The van der Waals surface area contributed by atoms with Crippen molar-refractivity contribution < 1.29 is 27.8 Å². The van der Waals surface area contributed by atoms with Crippen LogP contribution in [-0.2, 0) is 9.59 Å². The van der Waals surface area contributed by atoms with Crippen LogP contribution >= 0.6 is 0 Å². The van der Waals surface area contributed by atoms with Crippen LogP contribution < -0.4 is 19.7 Å². The normalized spacial score (nSPS) is 13.5. The second-order valence-corrected chi connectivity index (χ2v) is 7.11. The van der Waals surface area contributed by atoms with Gasteiger partial charge in [0.25, 0.3) is 11.8 Å². The summed E-state index contributed by atoms with van der Waals surface area (Å²) in [6, 6.07) is 16.4. The molecule has 0 radical (unpaired) electrons. The van der Waals surface area contributed by atoms with Crippen molar-refractivity contribution in [2.75, 3.05) is 23.9 Å². The number of carbonyl (C=O) groups excluding carboxylic acids is 2. The van der Waals surface area contributed by atoms with Gasteiger partial charge in [0.1, 0.15) is 17.2 Å². The molecular weight excluding hydrogens is 430 g/mol. The van der Waals surface area contributed by atoms with Crippen molar-refractivity contribution in [1.29, 1.82) is 0 Å². The van der Waals surface area contributed by atoms with Crippen molar-refractivity contribution in [1.82, 2.24) is 0 Å². The molecule has 0 bridgehead atoms. The fourth-order valence-corrected chi connectivity index (χ4v) is 3.50. The number of ether oxygens (including phenoxy) is 2. The summed E-state index contributed by atoms with van der Waals surface area (Å²) in [5, 5.41) is 3.00. The van der Waals surface area contributed by atoms with Crippen LogP contribution in [0.2, 0.25) is 0 Å². The van der Waals surface area contributed by atoms with E-state index in [1.54, 1.807) is 48.5 Å². The summed E-state index contributed by atoms with van der Waals surface area (Å²) in [6.45, 7) is 2.33. The van der Waals surface area contributed by atoms with Gasteiger partial charge in [-0.2, -0.15) is 0 Å². The number of halogens is 2. The number of carbonyl (C=O) groups is 2. The zero-order chi connectivity index (χ0) is 23.5. The number of benzene rings is 3. The molecule has 0 atom stereocenters. The van der Waals surface area contributed by atoms with Crippen LogP contribution in [0.3, 0.4) is 0 Å². The van der Waals surface area contributed by atoms with Gasteiger partial charge in [0, 0.05) is 17.8 Å². The minimum atomic E-state index is -1.16. The summed E-state index contributed by atoms with van der Waals surface area (Å²) < 4.78 is 38.0. The number of hydrogen-bond donors (Lipinski definition) is 1. The molecule has 1 aliphatic heterocycles. The number of nitrogens with zero attached hydrogens (tertiary/aromatic N) is 1. The summed E-state index contributed by atoms with van der Waals surface area (Å²) in [5.41, 5.74) is 1.00. The van der Waals surface area contributed by atoms with Crippen molar-refractivity contribution in [2.24, 2.45) is 0 Å². The van der Waals surface area contributed by atoms with Gasteiger partial charge < -0.3 is 14.8 Å². The van der Waals surface area contributed by atoms with E-state index in [0.717, 1.165) is 17.0 Å². The topological polar surface area (TPSA) is 67.9 Å². The Bertz CT molecular complexity index is 1260. The minimum absolute atomic E-state index is 0.00199. The van der Waals surface area contributed by atoms with E-state index in [4.69, 9.17) is 9.47 Å². The van der Waals surface area contributed by atoms with E-state index in [0.29, 0.717) is 29.4 Å². The summed E-state index contributed by atoms with van der Waals surface area (Å²) in [6.07, 6.45) is 0. The van der Waals surface area contributed by atoms with Crippen LogP contribution in [0.1, 0.15) is 12.5 Å². The molecule has 3 aromatic carbocycles. The molecule has 0 saturated carbocycles. The average molecular weight is 450 g/mol. The molecule has 6 nitrogen and oxygen atoms in total. The number of anilines is 2. The SMILES string of the molecule is CCOc1ccc(C2=C(Nc3cccc(OC)c3)C(=O)N(c3ccc(F)c(F)c3)C2=O)cc1. The first-order valence-electron chi connectivity index (χ1n) is 10.2. The highest BCUT2D eigenvalue weighted by Gasteiger charge is 2.40. The van der Waals surface area contributed by atoms with Crippen LogP contribution in [0.4, 0.5) is 20.2 Å². The zero-order valence-electron chi connectivity index (χ0n) is 17.9. The maximum atomic E-state index is 13.9. The smallest absolute Gasteiger partial charge is 0.282 e. The van der Waals surface area contributed by atoms with Crippen molar-refractivity contribution in [3.8, 4) is 11.5 Å². The second-order valence-electron chi connectivity index (χ2n) is 7.11. The maximum absolute atomic E-state index is 13.9. The molecule has 2 amide bonds. The number of amides is 2. The van der Waals surface area contributed by atoms with Crippen molar-refractivity contribution in [3.05, 3.63) is 89.6 Å². The van der Waals surface area contributed by atoms with Gasteiger partial charge in [-0.05, 0) is 48.9 Å². The molecule has 0 spiro atoms. The quantitative estimate of drug-likeness (QED) is 0.526. The molecular formula is C25H20F2N2O4. The van der Waals surface area contributed by atoms with Gasteiger partial charge >= 0.3 is 0 Å². The highest BCUT2D eigenvalue weighted by atomic mass is 19.2. The average Bonchev–Trinajstić information content (AvgIpc) is 3.06. The number of hydrogen-bond acceptors (Lipinski definition) is 5. The lowest BCUT2D eigenvalue weighted by Crippen LogP contribution is -2.32. The molecule has 33 heavy (non-hydrogen) atoms. The van der Waals surface area contributed by atoms with Crippen molar-refractivity contribution in [3.63, 3.8) is 0 Å². The standard InChI is InChI=1S/C25H20F2N2O4/c1-3-33-18-10-7-15(8-11-18)22-23(28-16-5-4-6-19(13-16)32-2)25(31)29(24(22)30)17-9-12-20(26)21(27)14-17/h4-14,28H,3H2,1-2H3. The fraction of sp³-hybridized carbons (Fsp3) is 0.120. The first-order chi connectivity index (χ1) is 15.9. The van der Waals surface area contributed by atoms with Gasteiger partial charge in [-0.15, -0.1) is 0 Å². The van der Waals surface area contributed by atoms with Crippen LogP contribution in [0.5, 0.6) is 11.5 Å². The highest BCUT2D eigenvalue weighted by molar-refractivity contribution is 6.46. The lowest BCUT2D eigenvalue weighted by atomic mass is 10.0. The van der Waals surface area contributed by atoms with Gasteiger partial charge in [-0.25, -0.2) is 13.7 Å². The Morgan fingerprint density at radius 2 is 1.64 bits per heavy atom. The fourth-order valence-electron chi connectivity index (χ4n) is 3.50. The number of nitrogens with one attached hydrogen (secondary N) is 1. The molecule has 1 aliphatic rings. The van der Waals surface area contributed by atoms with Crippen LogP contribution in [0.15, 0.2) is 72.4 Å². The summed E-state index contributed by atoms with van der Waals surface area (Å²) in [4.78, 5) is 27.5. The molecule has 0 aliphatic carbocycles. The Morgan fingerprint density at radius 1 is 0.879 bits per heavy atom. The Kier molecular flexibility index (Phi) is 6.08. The predicted molar refractivity (Wildman–Crippen MR) is 120 cm³/mol. The molecule has 1 heterocycles. The van der Waals surface area contributed by atoms with Gasteiger partial charge in [-0.1, -0.05) is 18.2 Å². The van der Waals surface area contributed by atoms with Gasteiger partial charge in [-0.3, -0.25) is 9.59 Å². The number of methoxy groups -OCH3 is 1. The Hall–Kier alpha value is -4.20. The summed E-state index contributed by atoms with van der Waals surface area (Å²) in [7, 11) is 1.51. The summed E-state index contributed by atoms with van der Waals surface area (Å²) in [5.74, 6) is -2.44. The monoisotopic (exact) mass is 450 g/mol. The molecule has 0 fully saturated rings. The molecule has 0 aromatic heterocycles. The predicted octanol–water partition coefficient (Wildman–Crippen LogP) is 4.77. The van der Waals surface area contributed by atoms with E-state index in [2.05, 4.69) is 5.32 Å². The first-order valence-corrected chi connectivity index (χ1v) is 10.2. The van der Waals surface area contributed by atoms with Gasteiger partial charge in [0.15, 0.2) is 11.6 Å². The first kappa shape index (κ1) is 22.0. The second kappa shape index (κ2) is 9.12. The van der Waals surface area contributed by atoms with E-state index in [-0.39, 0.29) is 17.0 Å². The zero-order valence-corrected chi connectivity index (χ0v) is 17.9. The molecule has 168 valence electrons. The minimum Gasteiger partial charge on any atom is -0.497 e. The third kappa shape index (κ3) is 4.27. The highest BCUT2D eigenvalue weighted by Crippen LogP contribution is 2.35. The molecule has 4 rings (SSSR count). The third-order valence-corrected chi connectivity index (χ3v) is 5.04. The number of rotatable bonds is 7. The van der Waals surface area contributed by atoms with E-state index in [1.807, 2.05) is 6.92 Å². The van der Waals surface area contributed by atoms with Gasteiger partial charge in [0.05, 0.1) is 25.0 Å². The molecule has 0 saturated heterocycles. The van der Waals surface area contributed by atoms with Crippen molar-refractivity contribution in [2.45, 2.75) is 6.92 Å².